The van der Waals surface area contributed by atoms with E-state index in [1.165, 1.54) is 4.90 Å². The quantitative estimate of drug-likeness (QED) is 0.744. The summed E-state index contributed by atoms with van der Waals surface area (Å²) in [5, 5.41) is 0. The Labute approximate surface area is 134 Å². The van der Waals surface area contributed by atoms with E-state index in [0.717, 1.165) is 23.1 Å². The number of hydrogen-bond acceptors (Lipinski definition) is 2. The van der Waals surface area contributed by atoms with Crippen molar-refractivity contribution in [3.05, 3.63) is 88.6 Å². The molecule has 1 saturated heterocycles. The van der Waals surface area contributed by atoms with E-state index < -0.39 is 0 Å². The number of rotatable bonds is 1. The van der Waals surface area contributed by atoms with Gasteiger partial charge in [0.2, 0.25) is 0 Å². The monoisotopic (exact) mass is 301 g/mol. The minimum atomic E-state index is -0.248. The summed E-state index contributed by atoms with van der Waals surface area (Å²) in [5.41, 5.74) is 4.76. The predicted molar refractivity (Wildman–Crippen MR) is 89.8 cm³/mol. The third-order valence-electron chi connectivity index (χ3n) is 4.25. The zero-order chi connectivity index (χ0) is 16.0. The van der Waals surface area contributed by atoms with E-state index in [0.29, 0.717) is 16.8 Å². The number of benzene rings is 1. The van der Waals surface area contributed by atoms with Crippen molar-refractivity contribution in [1.29, 1.82) is 0 Å². The molecular formula is C20H15NO2. The molecule has 3 heteroatoms. The summed E-state index contributed by atoms with van der Waals surface area (Å²) in [6, 6.07) is 7.43. The van der Waals surface area contributed by atoms with Crippen molar-refractivity contribution < 1.29 is 9.59 Å². The average molecular weight is 301 g/mol. The Morgan fingerprint density at radius 1 is 0.826 bits per heavy atom. The minimum absolute atomic E-state index is 0.248. The standard InChI is InChI=1S/C20H15NO2/c1-13-6-8-16(9-7-13)21-19(22)17-11-14-4-2-3-5-15(10-14)12-18(17)20(21)23/h2-9,11-12H,10H2,1H3. The summed E-state index contributed by atoms with van der Waals surface area (Å²) in [7, 11) is 0. The Morgan fingerprint density at radius 2 is 1.35 bits per heavy atom. The number of amides is 2. The van der Waals surface area contributed by atoms with Crippen molar-refractivity contribution in [2.75, 3.05) is 4.90 Å². The molecule has 3 nitrogen and oxygen atoms in total. The number of fused-ring (bicyclic) bond motifs is 3. The molecule has 0 atom stereocenters. The molecule has 23 heavy (non-hydrogen) atoms. The molecule has 0 spiro atoms. The first-order valence-electron chi connectivity index (χ1n) is 7.59. The lowest BCUT2D eigenvalue weighted by atomic mass is 10.1. The molecule has 0 unspecified atom stereocenters. The lowest BCUT2D eigenvalue weighted by Crippen LogP contribution is -2.29. The first kappa shape index (κ1) is 13.7. The second-order valence-corrected chi connectivity index (χ2v) is 5.94. The third-order valence-corrected chi connectivity index (χ3v) is 4.25. The molecule has 1 fully saturated rings. The Morgan fingerprint density at radius 3 is 1.87 bits per heavy atom. The largest absolute Gasteiger partial charge is 0.268 e. The van der Waals surface area contributed by atoms with Crippen LogP contribution in [0.15, 0.2) is 83.0 Å². The molecule has 0 aromatic heterocycles. The number of anilines is 1. The number of carbonyl (C=O) groups excluding carboxylic acids is 2. The lowest BCUT2D eigenvalue weighted by Gasteiger charge is -2.13. The van der Waals surface area contributed by atoms with Gasteiger partial charge in [0.15, 0.2) is 0 Å². The Bertz CT molecular complexity index is 827. The topological polar surface area (TPSA) is 37.4 Å². The number of nitrogens with zero attached hydrogens (tertiary/aromatic N) is 1. The summed E-state index contributed by atoms with van der Waals surface area (Å²) in [6.07, 6.45) is 12.3. The molecule has 0 N–H and O–H groups in total. The van der Waals surface area contributed by atoms with Gasteiger partial charge in [0, 0.05) is 0 Å². The van der Waals surface area contributed by atoms with Crippen LogP contribution in [0, 0.1) is 6.92 Å². The number of aryl methyl sites for hydroxylation is 1. The minimum Gasteiger partial charge on any atom is -0.268 e. The van der Waals surface area contributed by atoms with Gasteiger partial charge in [-0.1, -0.05) is 42.0 Å². The molecule has 2 aliphatic carbocycles. The Hall–Kier alpha value is -2.94. The van der Waals surface area contributed by atoms with Crippen molar-refractivity contribution in [1.82, 2.24) is 0 Å². The first-order chi connectivity index (χ1) is 11.1. The highest BCUT2D eigenvalue weighted by Gasteiger charge is 2.40. The van der Waals surface area contributed by atoms with E-state index in [-0.39, 0.29) is 11.8 Å². The fourth-order valence-electron chi connectivity index (χ4n) is 3.05. The molecule has 1 aromatic carbocycles. The Kier molecular flexibility index (Phi) is 3.01. The van der Waals surface area contributed by atoms with E-state index in [2.05, 4.69) is 0 Å². The summed E-state index contributed by atoms with van der Waals surface area (Å²) < 4.78 is 0. The number of imide groups is 1. The molecule has 1 heterocycles. The molecule has 0 saturated carbocycles. The SMILES string of the molecule is Cc1ccc(N2C(=O)C3=CC4=CC=CC=C(C=C3C2=O)C4)cc1. The fraction of sp³-hybridized carbons (Fsp3) is 0.100. The van der Waals surface area contributed by atoms with Gasteiger partial charge in [-0.2, -0.15) is 0 Å². The van der Waals surface area contributed by atoms with Gasteiger partial charge in [0.25, 0.3) is 11.8 Å². The van der Waals surface area contributed by atoms with Crippen LogP contribution in [0.2, 0.25) is 0 Å². The van der Waals surface area contributed by atoms with E-state index in [1.54, 1.807) is 0 Å². The van der Waals surface area contributed by atoms with Crippen LogP contribution < -0.4 is 4.90 Å². The zero-order valence-electron chi connectivity index (χ0n) is 12.7. The molecule has 112 valence electrons. The molecule has 3 aliphatic rings. The summed E-state index contributed by atoms with van der Waals surface area (Å²) in [6.45, 7) is 1.98. The van der Waals surface area contributed by atoms with Crippen LogP contribution in [0.1, 0.15) is 12.0 Å². The Balaban J connectivity index is 1.85. The average Bonchev–Trinajstić information content (AvgIpc) is 2.77. The second-order valence-electron chi connectivity index (χ2n) is 5.94. The van der Waals surface area contributed by atoms with Crippen LogP contribution in [-0.2, 0) is 9.59 Å². The number of hydrogen-bond donors (Lipinski definition) is 0. The maximum Gasteiger partial charge on any atom is 0.266 e. The zero-order valence-corrected chi connectivity index (χ0v) is 12.7. The van der Waals surface area contributed by atoms with Crippen molar-refractivity contribution >= 4 is 17.5 Å². The second kappa shape index (κ2) is 5.06. The smallest absolute Gasteiger partial charge is 0.266 e. The lowest BCUT2D eigenvalue weighted by molar-refractivity contribution is -0.119. The van der Waals surface area contributed by atoms with E-state index >= 15 is 0 Å². The van der Waals surface area contributed by atoms with Crippen LogP contribution in [0.5, 0.6) is 0 Å². The third kappa shape index (κ3) is 2.21. The van der Waals surface area contributed by atoms with Gasteiger partial charge < -0.3 is 0 Å². The van der Waals surface area contributed by atoms with E-state index in [4.69, 9.17) is 0 Å². The van der Waals surface area contributed by atoms with E-state index in [1.807, 2.05) is 67.6 Å². The fourth-order valence-corrected chi connectivity index (χ4v) is 3.05. The van der Waals surface area contributed by atoms with Gasteiger partial charge >= 0.3 is 0 Å². The van der Waals surface area contributed by atoms with Crippen molar-refractivity contribution in [2.45, 2.75) is 13.3 Å². The molecule has 2 amide bonds. The van der Waals surface area contributed by atoms with Gasteiger partial charge in [-0.15, -0.1) is 0 Å². The highest BCUT2D eigenvalue weighted by Crippen LogP contribution is 2.35. The highest BCUT2D eigenvalue weighted by molar-refractivity contribution is 6.37. The molecule has 1 aromatic rings. The van der Waals surface area contributed by atoms with Crippen molar-refractivity contribution in [3.63, 3.8) is 0 Å². The predicted octanol–water partition coefficient (Wildman–Crippen LogP) is 3.55. The number of carbonyl (C=O) groups is 2. The van der Waals surface area contributed by atoms with Crippen LogP contribution in [0.4, 0.5) is 5.69 Å². The van der Waals surface area contributed by atoms with Gasteiger partial charge in [-0.25, -0.2) is 4.90 Å². The highest BCUT2D eigenvalue weighted by atomic mass is 16.2. The van der Waals surface area contributed by atoms with Crippen LogP contribution in [-0.4, -0.2) is 11.8 Å². The van der Waals surface area contributed by atoms with Gasteiger partial charge in [0.05, 0.1) is 16.8 Å². The molecule has 2 bridgehead atoms. The summed E-state index contributed by atoms with van der Waals surface area (Å²) in [5.74, 6) is -0.497. The van der Waals surface area contributed by atoms with E-state index in [9.17, 15) is 9.59 Å². The maximum atomic E-state index is 12.8. The maximum absolute atomic E-state index is 12.8. The molecule has 4 rings (SSSR count). The van der Waals surface area contributed by atoms with Crippen molar-refractivity contribution in [3.8, 4) is 0 Å². The van der Waals surface area contributed by atoms with Crippen LogP contribution >= 0.6 is 0 Å². The normalized spacial score (nSPS) is 19.4. The summed E-state index contributed by atoms with van der Waals surface area (Å²) >= 11 is 0. The number of allylic oxidation sites excluding steroid dienone is 8. The molecular weight excluding hydrogens is 286 g/mol. The van der Waals surface area contributed by atoms with Crippen LogP contribution in [0.25, 0.3) is 0 Å². The van der Waals surface area contributed by atoms with Crippen molar-refractivity contribution in [2.24, 2.45) is 0 Å². The first-order valence-corrected chi connectivity index (χ1v) is 7.59. The van der Waals surface area contributed by atoms with Gasteiger partial charge in [0.1, 0.15) is 0 Å². The van der Waals surface area contributed by atoms with Gasteiger partial charge in [-0.3, -0.25) is 9.59 Å². The molecule has 1 aliphatic heterocycles. The summed E-state index contributed by atoms with van der Waals surface area (Å²) in [4.78, 5) is 26.9. The van der Waals surface area contributed by atoms with Crippen LogP contribution in [0.3, 0.4) is 0 Å². The molecule has 0 radical (unpaired) electrons. The van der Waals surface area contributed by atoms with Gasteiger partial charge in [-0.05, 0) is 48.8 Å².